The van der Waals surface area contributed by atoms with Crippen molar-refractivity contribution in [1.82, 2.24) is 0 Å². The normalized spacial score (nSPS) is 10.4. The number of benzene rings is 2. The quantitative estimate of drug-likeness (QED) is 0.700. The summed E-state index contributed by atoms with van der Waals surface area (Å²) in [7, 11) is 1.71. The van der Waals surface area contributed by atoms with E-state index in [0.717, 1.165) is 15.7 Å². The summed E-state index contributed by atoms with van der Waals surface area (Å²) < 4.78 is 6.48. The number of aryl methyl sites for hydroxylation is 1. The first-order chi connectivity index (χ1) is 8.72. The van der Waals surface area contributed by atoms with E-state index in [2.05, 4.69) is 72.0 Å². The summed E-state index contributed by atoms with van der Waals surface area (Å²) in [4.78, 5) is 2.46. The van der Waals surface area contributed by atoms with Crippen LogP contribution >= 0.6 is 34.4 Å². The predicted octanol–water partition coefficient (Wildman–Crippen LogP) is 5.01. The highest BCUT2D eigenvalue weighted by Gasteiger charge is 2.03. The molecular weight excluding hydrogens is 355 g/mol. The third kappa shape index (κ3) is 3.42. The molecule has 1 nitrogen and oxygen atoms in total. The van der Waals surface area contributed by atoms with Crippen LogP contribution in [0.2, 0.25) is 0 Å². The van der Waals surface area contributed by atoms with Crippen LogP contribution in [0, 0.1) is 3.57 Å². The summed E-state index contributed by atoms with van der Waals surface area (Å²) in [6.45, 7) is 2.17. The average molecular weight is 370 g/mol. The Kier molecular flexibility index (Phi) is 4.95. The molecule has 0 fully saturated rings. The summed E-state index contributed by atoms with van der Waals surface area (Å²) in [5.74, 6) is 0.936. The van der Waals surface area contributed by atoms with E-state index in [-0.39, 0.29) is 0 Å². The molecule has 0 aliphatic heterocycles. The third-order valence-electron chi connectivity index (χ3n) is 2.69. The number of ether oxygens (including phenoxy) is 1. The molecular formula is C15H15IOS. The number of hydrogen-bond donors (Lipinski definition) is 0. The van der Waals surface area contributed by atoms with Crippen molar-refractivity contribution in [3.63, 3.8) is 0 Å². The first-order valence-corrected chi connectivity index (χ1v) is 7.72. The Morgan fingerprint density at radius 2 is 1.72 bits per heavy atom. The van der Waals surface area contributed by atoms with Crippen molar-refractivity contribution < 1.29 is 4.74 Å². The van der Waals surface area contributed by atoms with Gasteiger partial charge in [-0.15, -0.1) is 0 Å². The first-order valence-electron chi connectivity index (χ1n) is 5.83. The molecule has 0 heterocycles. The van der Waals surface area contributed by atoms with Gasteiger partial charge in [-0.2, -0.15) is 0 Å². The fourth-order valence-electron chi connectivity index (χ4n) is 1.63. The Hall–Kier alpha value is -0.680. The molecule has 0 bridgehead atoms. The summed E-state index contributed by atoms with van der Waals surface area (Å²) in [6.07, 6.45) is 1.09. The lowest BCUT2D eigenvalue weighted by molar-refractivity contribution is 0.410. The number of methoxy groups -OCH3 is 1. The molecule has 0 saturated carbocycles. The zero-order valence-corrected chi connectivity index (χ0v) is 13.4. The van der Waals surface area contributed by atoms with Gasteiger partial charge in [0, 0.05) is 9.79 Å². The number of halogens is 1. The monoisotopic (exact) mass is 370 g/mol. The SMILES string of the molecule is CCc1ccc(Sc2ccc(I)c(OC)c2)cc1. The maximum atomic E-state index is 5.34. The van der Waals surface area contributed by atoms with E-state index in [4.69, 9.17) is 4.74 Å². The fraction of sp³-hybridized carbons (Fsp3) is 0.200. The molecule has 0 atom stereocenters. The van der Waals surface area contributed by atoms with Crippen molar-refractivity contribution in [2.24, 2.45) is 0 Å². The molecule has 2 aromatic rings. The van der Waals surface area contributed by atoms with Crippen molar-refractivity contribution in [3.05, 3.63) is 51.6 Å². The van der Waals surface area contributed by atoms with Crippen LogP contribution in [0.5, 0.6) is 5.75 Å². The Labute approximate surface area is 126 Å². The Morgan fingerprint density at radius 3 is 2.33 bits per heavy atom. The predicted molar refractivity (Wildman–Crippen MR) is 85.7 cm³/mol. The van der Waals surface area contributed by atoms with Crippen LogP contribution in [-0.2, 0) is 6.42 Å². The van der Waals surface area contributed by atoms with Crippen molar-refractivity contribution in [1.29, 1.82) is 0 Å². The molecule has 0 saturated heterocycles. The summed E-state index contributed by atoms with van der Waals surface area (Å²) in [6, 6.07) is 15.0. The Bertz CT molecular complexity index is 523. The first kappa shape index (κ1) is 13.7. The van der Waals surface area contributed by atoms with Gasteiger partial charge in [-0.25, -0.2) is 0 Å². The van der Waals surface area contributed by atoms with E-state index in [9.17, 15) is 0 Å². The van der Waals surface area contributed by atoms with Gasteiger partial charge in [-0.1, -0.05) is 30.8 Å². The van der Waals surface area contributed by atoms with Crippen LogP contribution in [0.25, 0.3) is 0 Å². The minimum Gasteiger partial charge on any atom is -0.496 e. The van der Waals surface area contributed by atoms with Crippen LogP contribution in [0.15, 0.2) is 52.3 Å². The van der Waals surface area contributed by atoms with Gasteiger partial charge in [-0.3, -0.25) is 0 Å². The highest BCUT2D eigenvalue weighted by Crippen LogP contribution is 2.32. The molecule has 0 radical (unpaired) electrons. The second kappa shape index (κ2) is 6.48. The van der Waals surface area contributed by atoms with E-state index in [0.29, 0.717) is 0 Å². The van der Waals surface area contributed by atoms with Crippen LogP contribution in [0.4, 0.5) is 0 Å². The average Bonchev–Trinajstić information content (AvgIpc) is 2.42. The minimum absolute atomic E-state index is 0.936. The Balaban J connectivity index is 2.17. The molecule has 2 aromatic carbocycles. The third-order valence-corrected chi connectivity index (χ3v) is 4.58. The second-order valence-corrected chi connectivity index (χ2v) is 6.21. The van der Waals surface area contributed by atoms with Gasteiger partial charge < -0.3 is 4.74 Å². The molecule has 0 aliphatic rings. The van der Waals surface area contributed by atoms with Gasteiger partial charge >= 0.3 is 0 Å². The maximum Gasteiger partial charge on any atom is 0.133 e. The van der Waals surface area contributed by atoms with Gasteiger partial charge in [0.05, 0.1) is 10.7 Å². The van der Waals surface area contributed by atoms with Gasteiger partial charge in [0.25, 0.3) is 0 Å². The maximum absolute atomic E-state index is 5.34. The van der Waals surface area contributed by atoms with Crippen molar-refractivity contribution in [2.75, 3.05) is 7.11 Å². The molecule has 0 aromatic heterocycles. The van der Waals surface area contributed by atoms with Gasteiger partial charge in [0.2, 0.25) is 0 Å². The summed E-state index contributed by atoms with van der Waals surface area (Å²) in [5, 5.41) is 0. The van der Waals surface area contributed by atoms with Crippen LogP contribution in [-0.4, -0.2) is 7.11 Å². The molecule has 0 unspecified atom stereocenters. The van der Waals surface area contributed by atoms with Gasteiger partial charge in [0.15, 0.2) is 0 Å². The minimum atomic E-state index is 0.936. The molecule has 3 heteroatoms. The smallest absolute Gasteiger partial charge is 0.133 e. The molecule has 0 amide bonds. The largest absolute Gasteiger partial charge is 0.496 e. The number of hydrogen-bond acceptors (Lipinski definition) is 2. The van der Waals surface area contributed by atoms with Gasteiger partial charge in [0.1, 0.15) is 5.75 Å². The van der Waals surface area contributed by atoms with Gasteiger partial charge in [-0.05, 0) is 64.9 Å². The van der Waals surface area contributed by atoms with E-state index in [1.165, 1.54) is 15.4 Å². The summed E-state index contributed by atoms with van der Waals surface area (Å²) in [5.41, 5.74) is 1.37. The van der Waals surface area contributed by atoms with E-state index >= 15 is 0 Å². The lowest BCUT2D eigenvalue weighted by Gasteiger charge is -2.07. The van der Waals surface area contributed by atoms with E-state index < -0.39 is 0 Å². The summed E-state index contributed by atoms with van der Waals surface area (Å²) >= 11 is 4.04. The standard InChI is InChI=1S/C15H15IOS/c1-3-11-4-6-12(7-5-11)18-13-8-9-14(16)15(10-13)17-2/h4-10H,3H2,1-2H3. The van der Waals surface area contributed by atoms with E-state index in [1.54, 1.807) is 18.9 Å². The van der Waals surface area contributed by atoms with Crippen LogP contribution in [0.1, 0.15) is 12.5 Å². The topological polar surface area (TPSA) is 9.23 Å². The molecule has 0 N–H and O–H groups in total. The second-order valence-electron chi connectivity index (χ2n) is 3.90. The Morgan fingerprint density at radius 1 is 1.06 bits per heavy atom. The molecule has 0 spiro atoms. The lowest BCUT2D eigenvalue weighted by Crippen LogP contribution is -1.87. The number of rotatable bonds is 4. The fourth-order valence-corrected chi connectivity index (χ4v) is 3.03. The van der Waals surface area contributed by atoms with Crippen LogP contribution < -0.4 is 4.74 Å². The molecule has 0 aliphatic carbocycles. The van der Waals surface area contributed by atoms with Crippen molar-refractivity contribution >= 4 is 34.4 Å². The lowest BCUT2D eigenvalue weighted by atomic mass is 10.2. The zero-order valence-electron chi connectivity index (χ0n) is 10.4. The molecule has 2 rings (SSSR count). The highest BCUT2D eigenvalue weighted by atomic mass is 127. The van der Waals surface area contributed by atoms with Crippen LogP contribution in [0.3, 0.4) is 0 Å². The van der Waals surface area contributed by atoms with E-state index in [1.807, 2.05) is 0 Å². The molecule has 94 valence electrons. The zero-order chi connectivity index (χ0) is 13.0. The molecule has 18 heavy (non-hydrogen) atoms. The van der Waals surface area contributed by atoms with Crippen molar-refractivity contribution in [2.45, 2.75) is 23.1 Å². The van der Waals surface area contributed by atoms with Crippen molar-refractivity contribution in [3.8, 4) is 5.75 Å². The highest BCUT2D eigenvalue weighted by molar-refractivity contribution is 14.1.